The van der Waals surface area contributed by atoms with Crippen LogP contribution in [0.3, 0.4) is 0 Å². The highest BCUT2D eigenvalue weighted by Crippen LogP contribution is 2.21. The van der Waals surface area contributed by atoms with Crippen LogP contribution in [0.25, 0.3) is 11.3 Å². The summed E-state index contributed by atoms with van der Waals surface area (Å²) in [5.41, 5.74) is 0.974. The van der Waals surface area contributed by atoms with E-state index >= 15 is 0 Å². The van der Waals surface area contributed by atoms with E-state index < -0.39 is 11.6 Å². The van der Waals surface area contributed by atoms with Crippen LogP contribution < -0.4 is 0 Å². The molecule has 0 aliphatic rings. The van der Waals surface area contributed by atoms with Crippen molar-refractivity contribution in [3.63, 3.8) is 0 Å². The first kappa shape index (κ1) is 11.2. The number of halogens is 2. The van der Waals surface area contributed by atoms with Crippen molar-refractivity contribution in [1.29, 1.82) is 5.26 Å². The van der Waals surface area contributed by atoms with Gasteiger partial charge in [0.25, 0.3) is 0 Å². The molecule has 1 aromatic heterocycles. The molecule has 0 N–H and O–H groups in total. The number of nitriles is 1. The lowest BCUT2D eigenvalue weighted by molar-refractivity contribution is 0.620. The van der Waals surface area contributed by atoms with Crippen molar-refractivity contribution in [2.24, 2.45) is 0 Å². The second-order valence-electron chi connectivity index (χ2n) is 3.52. The van der Waals surface area contributed by atoms with E-state index in [1.807, 2.05) is 6.07 Å². The van der Waals surface area contributed by atoms with Gasteiger partial charge in [-0.1, -0.05) is 12.1 Å². The van der Waals surface area contributed by atoms with Crippen LogP contribution in [-0.4, -0.2) is 4.98 Å². The van der Waals surface area contributed by atoms with Crippen molar-refractivity contribution < 1.29 is 8.78 Å². The smallest absolute Gasteiger partial charge is 0.149 e. The molecule has 2 rings (SSSR count). The van der Waals surface area contributed by atoms with Gasteiger partial charge in [0.15, 0.2) is 0 Å². The van der Waals surface area contributed by atoms with Gasteiger partial charge in [-0.2, -0.15) is 5.26 Å². The zero-order valence-corrected chi connectivity index (χ0v) is 8.82. The third kappa shape index (κ3) is 2.45. The van der Waals surface area contributed by atoms with Crippen LogP contribution in [0.5, 0.6) is 0 Å². The number of hydrogen-bond donors (Lipinski definition) is 0. The van der Waals surface area contributed by atoms with E-state index in [1.165, 1.54) is 30.5 Å². The molecule has 0 amide bonds. The molecule has 0 aliphatic heterocycles. The first-order valence-electron chi connectivity index (χ1n) is 4.98. The lowest BCUT2D eigenvalue weighted by Crippen LogP contribution is -1.93. The standard InChI is InChI=1S/C13H8F2N2/c14-11-3-1-2-10(7-11)13-12(15)6-9(4-5-16)8-17-13/h1-3,6-8H,4H2. The average Bonchev–Trinajstić information content (AvgIpc) is 2.29. The summed E-state index contributed by atoms with van der Waals surface area (Å²) >= 11 is 0. The second kappa shape index (κ2) is 4.71. The van der Waals surface area contributed by atoms with E-state index in [0.717, 1.165) is 0 Å². The van der Waals surface area contributed by atoms with Gasteiger partial charge in [-0.15, -0.1) is 0 Å². The Morgan fingerprint density at radius 3 is 2.71 bits per heavy atom. The SMILES string of the molecule is N#CCc1cnc(-c2cccc(F)c2)c(F)c1. The molecule has 84 valence electrons. The number of nitrogens with zero attached hydrogens (tertiary/aromatic N) is 2. The van der Waals surface area contributed by atoms with Crippen molar-refractivity contribution in [3.05, 3.63) is 53.7 Å². The molecule has 0 fully saturated rings. The molecule has 0 bridgehead atoms. The predicted molar refractivity (Wildman–Crippen MR) is 58.9 cm³/mol. The van der Waals surface area contributed by atoms with Crippen LogP contribution in [0, 0.1) is 23.0 Å². The highest BCUT2D eigenvalue weighted by atomic mass is 19.1. The molecule has 0 unspecified atom stereocenters. The van der Waals surface area contributed by atoms with Gasteiger partial charge in [-0.05, 0) is 23.8 Å². The van der Waals surface area contributed by atoms with Crippen molar-refractivity contribution >= 4 is 0 Å². The number of rotatable bonds is 2. The lowest BCUT2D eigenvalue weighted by Gasteiger charge is -2.03. The van der Waals surface area contributed by atoms with E-state index in [2.05, 4.69) is 4.98 Å². The minimum absolute atomic E-state index is 0.0891. The van der Waals surface area contributed by atoms with Gasteiger partial charge in [-0.25, -0.2) is 8.78 Å². The maximum atomic E-state index is 13.7. The fourth-order valence-electron chi connectivity index (χ4n) is 1.51. The molecule has 0 radical (unpaired) electrons. The van der Waals surface area contributed by atoms with Crippen LogP contribution in [-0.2, 0) is 6.42 Å². The Hall–Kier alpha value is -2.28. The van der Waals surface area contributed by atoms with Crippen LogP contribution >= 0.6 is 0 Å². The third-order valence-electron chi connectivity index (χ3n) is 2.28. The molecule has 0 saturated heterocycles. The summed E-state index contributed by atoms with van der Waals surface area (Å²) in [6.45, 7) is 0. The molecular formula is C13H8F2N2. The first-order valence-corrected chi connectivity index (χ1v) is 4.98. The van der Waals surface area contributed by atoms with Gasteiger partial charge in [0.1, 0.15) is 17.3 Å². The Labute approximate surface area is 97.2 Å². The lowest BCUT2D eigenvalue weighted by atomic mass is 10.1. The molecule has 0 aliphatic carbocycles. The molecule has 1 heterocycles. The van der Waals surface area contributed by atoms with E-state index in [1.54, 1.807) is 6.07 Å². The molecule has 2 nitrogen and oxygen atoms in total. The normalized spacial score (nSPS) is 9.94. The fourth-order valence-corrected chi connectivity index (χ4v) is 1.51. The summed E-state index contributed by atoms with van der Waals surface area (Å²) in [6, 6.07) is 8.74. The number of aromatic nitrogens is 1. The Kier molecular flexibility index (Phi) is 3.10. The molecule has 0 atom stereocenters. The fraction of sp³-hybridized carbons (Fsp3) is 0.0769. The quantitative estimate of drug-likeness (QED) is 0.794. The van der Waals surface area contributed by atoms with Crippen molar-refractivity contribution in [3.8, 4) is 17.3 Å². The summed E-state index contributed by atoms with van der Waals surface area (Å²) in [5.74, 6) is -0.992. The Bertz CT molecular complexity index is 588. The van der Waals surface area contributed by atoms with Gasteiger partial charge in [0.05, 0.1) is 12.5 Å². The summed E-state index contributed by atoms with van der Waals surface area (Å²) in [7, 11) is 0. The average molecular weight is 230 g/mol. The van der Waals surface area contributed by atoms with E-state index in [-0.39, 0.29) is 12.1 Å². The monoisotopic (exact) mass is 230 g/mol. The largest absolute Gasteiger partial charge is 0.253 e. The van der Waals surface area contributed by atoms with Gasteiger partial charge < -0.3 is 0 Å². The molecule has 17 heavy (non-hydrogen) atoms. The van der Waals surface area contributed by atoms with Crippen molar-refractivity contribution in [2.45, 2.75) is 6.42 Å². The number of benzene rings is 1. The van der Waals surface area contributed by atoms with Crippen molar-refractivity contribution in [2.75, 3.05) is 0 Å². The summed E-state index contributed by atoms with van der Waals surface area (Å²) in [5, 5.41) is 8.48. The van der Waals surface area contributed by atoms with Crippen LogP contribution in [0.2, 0.25) is 0 Å². The molecule has 4 heteroatoms. The number of pyridine rings is 1. The van der Waals surface area contributed by atoms with Gasteiger partial charge in [0, 0.05) is 11.8 Å². The van der Waals surface area contributed by atoms with E-state index in [0.29, 0.717) is 11.1 Å². The predicted octanol–water partition coefficient (Wildman–Crippen LogP) is 3.09. The van der Waals surface area contributed by atoms with Crippen LogP contribution in [0.1, 0.15) is 5.56 Å². The third-order valence-corrected chi connectivity index (χ3v) is 2.28. The minimum atomic E-state index is -0.552. The summed E-state index contributed by atoms with van der Waals surface area (Å²) in [4.78, 5) is 3.92. The topological polar surface area (TPSA) is 36.7 Å². The second-order valence-corrected chi connectivity index (χ2v) is 3.52. The van der Waals surface area contributed by atoms with Gasteiger partial charge in [-0.3, -0.25) is 4.98 Å². The van der Waals surface area contributed by atoms with Gasteiger partial charge in [0.2, 0.25) is 0 Å². The summed E-state index contributed by atoms with van der Waals surface area (Å²) < 4.78 is 26.7. The van der Waals surface area contributed by atoms with Crippen molar-refractivity contribution in [1.82, 2.24) is 4.98 Å². The molecule has 2 aromatic rings. The van der Waals surface area contributed by atoms with Crippen LogP contribution in [0.4, 0.5) is 8.78 Å². The highest BCUT2D eigenvalue weighted by Gasteiger charge is 2.08. The number of hydrogen-bond acceptors (Lipinski definition) is 2. The Balaban J connectivity index is 2.44. The Morgan fingerprint density at radius 2 is 2.06 bits per heavy atom. The molecule has 1 aromatic carbocycles. The maximum Gasteiger partial charge on any atom is 0.149 e. The zero-order valence-electron chi connectivity index (χ0n) is 8.82. The minimum Gasteiger partial charge on any atom is -0.253 e. The molecule has 0 spiro atoms. The molecule has 0 saturated carbocycles. The summed E-state index contributed by atoms with van der Waals surface area (Å²) in [6.07, 6.45) is 1.53. The van der Waals surface area contributed by atoms with Crippen LogP contribution in [0.15, 0.2) is 36.5 Å². The molecular weight excluding hydrogens is 222 g/mol. The highest BCUT2D eigenvalue weighted by molar-refractivity contribution is 5.59. The van der Waals surface area contributed by atoms with Gasteiger partial charge >= 0.3 is 0 Å². The maximum absolute atomic E-state index is 13.7. The Morgan fingerprint density at radius 1 is 1.24 bits per heavy atom. The first-order chi connectivity index (χ1) is 8.20. The van der Waals surface area contributed by atoms with E-state index in [9.17, 15) is 8.78 Å². The van der Waals surface area contributed by atoms with E-state index in [4.69, 9.17) is 5.26 Å². The zero-order chi connectivity index (χ0) is 12.3.